The normalized spacial score (nSPS) is 14.0. The molecule has 3 aromatic rings. The van der Waals surface area contributed by atoms with Crippen LogP contribution in [0.3, 0.4) is 0 Å². The van der Waals surface area contributed by atoms with Gasteiger partial charge in [0.2, 0.25) is 5.91 Å². The lowest BCUT2D eigenvalue weighted by atomic mass is 10.2. The topological polar surface area (TPSA) is 69.0 Å². The summed E-state index contributed by atoms with van der Waals surface area (Å²) in [6, 6.07) is 10.8. The number of hydrogen-bond donors (Lipinski definition) is 1. The van der Waals surface area contributed by atoms with Crippen molar-refractivity contribution in [3.63, 3.8) is 0 Å². The van der Waals surface area contributed by atoms with Crippen LogP contribution in [0.4, 0.5) is 14.5 Å². The third kappa shape index (κ3) is 5.27. The van der Waals surface area contributed by atoms with Crippen molar-refractivity contribution in [3.8, 4) is 17.1 Å². The highest BCUT2D eigenvalue weighted by molar-refractivity contribution is 7.99. The third-order valence-electron chi connectivity index (χ3n) is 5.29. The molecule has 0 radical (unpaired) electrons. The fourth-order valence-corrected chi connectivity index (χ4v) is 4.48. The molecule has 1 amide bonds. The van der Waals surface area contributed by atoms with E-state index in [0.29, 0.717) is 23.6 Å². The first-order valence-electron chi connectivity index (χ1n) is 10.6. The number of anilines is 1. The van der Waals surface area contributed by atoms with E-state index in [0.717, 1.165) is 36.3 Å². The second kappa shape index (κ2) is 10.1. The van der Waals surface area contributed by atoms with Gasteiger partial charge in [0.15, 0.2) is 11.0 Å². The molecule has 9 heteroatoms. The predicted octanol–water partition coefficient (Wildman–Crippen LogP) is 5.30. The van der Waals surface area contributed by atoms with Crippen LogP contribution in [0.1, 0.15) is 32.6 Å². The molecule has 168 valence electrons. The van der Waals surface area contributed by atoms with Crippen LogP contribution < -0.4 is 10.1 Å². The quantitative estimate of drug-likeness (QED) is 0.464. The molecule has 6 nitrogen and oxygen atoms in total. The van der Waals surface area contributed by atoms with Crippen LogP contribution in [0, 0.1) is 11.6 Å². The Morgan fingerprint density at radius 3 is 2.59 bits per heavy atom. The van der Waals surface area contributed by atoms with Crippen LogP contribution in [0.15, 0.2) is 47.6 Å². The molecule has 0 aliphatic heterocycles. The smallest absolute Gasteiger partial charge is 0.234 e. The number of rotatable bonds is 8. The van der Waals surface area contributed by atoms with Crippen molar-refractivity contribution < 1.29 is 18.3 Å². The minimum atomic E-state index is -0.817. The standard InChI is InChI=1S/C23H24F2N4O2S/c1-2-29-22(15-7-10-18(11-8-15)31-17-5-3-4-6-17)27-28-23(29)32-14-21(30)26-20-12-9-16(24)13-19(20)25/h7-13,17H,2-6,14H2,1H3,(H,26,30). The molecule has 1 heterocycles. The van der Waals surface area contributed by atoms with Gasteiger partial charge in [-0.05, 0) is 69.0 Å². The second-order valence-corrected chi connectivity index (χ2v) is 8.50. The van der Waals surface area contributed by atoms with Gasteiger partial charge in [0.1, 0.15) is 17.4 Å². The van der Waals surface area contributed by atoms with Gasteiger partial charge in [-0.25, -0.2) is 8.78 Å². The van der Waals surface area contributed by atoms with Gasteiger partial charge >= 0.3 is 0 Å². The molecule has 1 aromatic heterocycles. The van der Waals surface area contributed by atoms with Gasteiger partial charge in [0.25, 0.3) is 0 Å². The summed E-state index contributed by atoms with van der Waals surface area (Å²) in [7, 11) is 0. The monoisotopic (exact) mass is 458 g/mol. The molecular formula is C23H24F2N4O2S. The van der Waals surface area contributed by atoms with Gasteiger partial charge in [-0.15, -0.1) is 10.2 Å². The molecule has 32 heavy (non-hydrogen) atoms. The first-order valence-corrected chi connectivity index (χ1v) is 11.6. The summed E-state index contributed by atoms with van der Waals surface area (Å²) in [5.74, 6) is -0.362. The van der Waals surface area contributed by atoms with E-state index in [1.54, 1.807) is 0 Å². The van der Waals surface area contributed by atoms with E-state index in [9.17, 15) is 13.6 Å². The number of thioether (sulfide) groups is 1. The van der Waals surface area contributed by atoms with Gasteiger partial charge in [0.05, 0.1) is 17.5 Å². The molecule has 1 aliphatic carbocycles. The fraction of sp³-hybridized carbons (Fsp3) is 0.348. The molecule has 4 rings (SSSR count). The SMILES string of the molecule is CCn1c(SCC(=O)Nc2ccc(F)cc2F)nnc1-c1ccc(OC2CCCC2)cc1. The number of nitrogens with one attached hydrogen (secondary N) is 1. The highest BCUT2D eigenvalue weighted by Gasteiger charge is 2.18. The number of benzene rings is 2. The zero-order valence-corrected chi connectivity index (χ0v) is 18.5. The number of carbonyl (C=O) groups is 1. The van der Waals surface area contributed by atoms with Crippen LogP contribution in [-0.4, -0.2) is 32.5 Å². The van der Waals surface area contributed by atoms with Crippen molar-refractivity contribution in [2.45, 2.75) is 50.4 Å². The second-order valence-electron chi connectivity index (χ2n) is 7.56. The highest BCUT2D eigenvalue weighted by Crippen LogP contribution is 2.28. The Bertz CT molecular complexity index is 1080. The lowest BCUT2D eigenvalue weighted by Gasteiger charge is -2.13. The molecule has 2 aromatic carbocycles. The molecule has 0 atom stereocenters. The number of aromatic nitrogens is 3. The Labute approximate surface area is 189 Å². The molecule has 0 saturated heterocycles. The summed E-state index contributed by atoms with van der Waals surface area (Å²) in [5, 5.41) is 11.5. The summed E-state index contributed by atoms with van der Waals surface area (Å²) >= 11 is 1.20. The predicted molar refractivity (Wildman–Crippen MR) is 120 cm³/mol. The van der Waals surface area contributed by atoms with Crippen LogP contribution >= 0.6 is 11.8 Å². The fourth-order valence-electron chi connectivity index (χ4n) is 3.68. The van der Waals surface area contributed by atoms with Crippen molar-refractivity contribution in [3.05, 3.63) is 54.1 Å². The Morgan fingerprint density at radius 1 is 1.16 bits per heavy atom. The highest BCUT2D eigenvalue weighted by atomic mass is 32.2. The number of hydrogen-bond acceptors (Lipinski definition) is 5. The van der Waals surface area contributed by atoms with Crippen LogP contribution in [-0.2, 0) is 11.3 Å². The maximum atomic E-state index is 13.7. The van der Waals surface area contributed by atoms with E-state index in [-0.39, 0.29) is 11.4 Å². The van der Waals surface area contributed by atoms with E-state index < -0.39 is 17.5 Å². The minimum Gasteiger partial charge on any atom is -0.490 e. The maximum Gasteiger partial charge on any atom is 0.234 e. The average molecular weight is 459 g/mol. The molecule has 1 N–H and O–H groups in total. The van der Waals surface area contributed by atoms with Gasteiger partial charge in [-0.1, -0.05) is 11.8 Å². The van der Waals surface area contributed by atoms with Crippen molar-refractivity contribution in [2.24, 2.45) is 0 Å². The number of halogens is 2. The molecular weight excluding hydrogens is 434 g/mol. The first-order chi connectivity index (χ1) is 15.5. The molecule has 1 fully saturated rings. The van der Waals surface area contributed by atoms with Crippen molar-refractivity contribution in [1.29, 1.82) is 0 Å². The maximum absolute atomic E-state index is 13.7. The Hall–Kier alpha value is -2.94. The summed E-state index contributed by atoms with van der Waals surface area (Å²) in [6.07, 6.45) is 4.96. The molecule has 0 spiro atoms. The van der Waals surface area contributed by atoms with Crippen molar-refractivity contribution >= 4 is 23.4 Å². The van der Waals surface area contributed by atoms with Gasteiger partial charge in [0, 0.05) is 18.2 Å². The number of nitrogens with zero attached hydrogens (tertiary/aromatic N) is 3. The summed E-state index contributed by atoms with van der Waals surface area (Å²) < 4.78 is 34.7. The Morgan fingerprint density at radius 2 is 1.91 bits per heavy atom. The first kappa shape index (κ1) is 22.3. The largest absolute Gasteiger partial charge is 0.490 e. The van der Waals surface area contributed by atoms with Crippen LogP contribution in [0.2, 0.25) is 0 Å². The number of carbonyl (C=O) groups excluding carboxylic acids is 1. The zero-order chi connectivity index (χ0) is 22.5. The van der Waals surface area contributed by atoms with Crippen molar-refractivity contribution in [2.75, 3.05) is 11.1 Å². The number of amides is 1. The van der Waals surface area contributed by atoms with Crippen LogP contribution in [0.25, 0.3) is 11.4 Å². The summed E-state index contributed by atoms with van der Waals surface area (Å²) in [5.41, 5.74) is 0.845. The molecule has 0 bridgehead atoms. The van der Waals surface area contributed by atoms with Crippen molar-refractivity contribution in [1.82, 2.24) is 14.8 Å². The third-order valence-corrected chi connectivity index (χ3v) is 6.25. The van der Waals surface area contributed by atoms with E-state index in [2.05, 4.69) is 15.5 Å². The van der Waals surface area contributed by atoms with E-state index >= 15 is 0 Å². The molecule has 1 saturated carbocycles. The van der Waals surface area contributed by atoms with Gasteiger partial charge in [-0.2, -0.15) is 0 Å². The Balaban J connectivity index is 1.39. The van der Waals surface area contributed by atoms with Gasteiger partial charge < -0.3 is 14.6 Å². The van der Waals surface area contributed by atoms with E-state index in [1.165, 1.54) is 30.7 Å². The van der Waals surface area contributed by atoms with E-state index in [1.807, 2.05) is 35.8 Å². The summed E-state index contributed by atoms with van der Waals surface area (Å²) in [4.78, 5) is 12.2. The minimum absolute atomic E-state index is 0.0170. The lowest BCUT2D eigenvalue weighted by Crippen LogP contribution is -2.15. The van der Waals surface area contributed by atoms with Crippen LogP contribution in [0.5, 0.6) is 5.75 Å². The molecule has 0 unspecified atom stereocenters. The Kier molecular flexibility index (Phi) is 7.04. The zero-order valence-electron chi connectivity index (χ0n) is 17.7. The average Bonchev–Trinajstić information content (AvgIpc) is 3.44. The lowest BCUT2D eigenvalue weighted by molar-refractivity contribution is -0.113. The summed E-state index contributed by atoms with van der Waals surface area (Å²) in [6.45, 7) is 2.60. The molecule has 1 aliphatic rings. The van der Waals surface area contributed by atoms with E-state index in [4.69, 9.17) is 4.74 Å². The van der Waals surface area contributed by atoms with Gasteiger partial charge in [-0.3, -0.25) is 4.79 Å². The number of ether oxygens (including phenoxy) is 1.